The van der Waals surface area contributed by atoms with Crippen molar-refractivity contribution in [2.45, 2.75) is 33.1 Å². The fourth-order valence-corrected chi connectivity index (χ4v) is 6.11. The van der Waals surface area contributed by atoms with Crippen LogP contribution in [0.4, 0.5) is 0 Å². The highest BCUT2D eigenvalue weighted by atomic mass is 16.5. The summed E-state index contributed by atoms with van der Waals surface area (Å²) < 4.78 is 5.41. The number of ether oxygens (including phenoxy) is 1. The Balaban J connectivity index is 1.97. The van der Waals surface area contributed by atoms with Crippen LogP contribution >= 0.6 is 0 Å². The van der Waals surface area contributed by atoms with E-state index in [0.29, 0.717) is 18.4 Å². The van der Waals surface area contributed by atoms with E-state index in [9.17, 15) is 24.3 Å². The Morgan fingerprint density at radius 1 is 1.27 bits per heavy atom. The number of carboxylic acids is 1. The fourth-order valence-electron chi connectivity index (χ4n) is 6.11. The van der Waals surface area contributed by atoms with Crippen LogP contribution in [0.5, 0.6) is 0 Å². The van der Waals surface area contributed by atoms with Crippen molar-refractivity contribution in [3.8, 4) is 0 Å². The summed E-state index contributed by atoms with van der Waals surface area (Å²) in [6, 6.07) is 0. The van der Waals surface area contributed by atoms with Gasteiger partial charge >= 0.3 is 11.9 Å². The number of ketones is 2. The maximum absolute atomic E-state index is 13.1. The number of hydrogen-bond donors (Lipinski definition) is 1. The molecule has 2 bridgehead atoms. The highest BCUT2D eigenvalue weighted by Gasteiger charge is 2.74. The summed E-state index contributed by atoms with van der Waals surface area (Å²) in [4.78, 5) is 51.2. The van der Waals surface area contributed by atoms with Crippen LogP contribution in [-0.4, -0.2) is 35.2 Å². The molecule has 0 aromatic carbocycles. The van der Waals surface area contributed by atoms with Crippen molar-refractivity contribution in [1.82, 2.24) is 0 Å². The lowest BCUT2D eigenvalue weighted by Gasteiger charge is -2.56. The third kappa shape index (κ3) is 1.72. The van der Waals surface area contributed by atoms with Gasteiger partial charge in [0.05, 0.1) is 11.3 Å². The lowest BCUT2D eigenvalue weighted by molar-refractivity contribution is -0.207. The molecule has 0 aromatic heterocycles. The molecule has 1 aliphatic heterocycles. The number of rotatable bonds is 1. The van der Waals surface area contributed by atoms with Crippen molar-refractivity contribution in [3.05, 3.63) is 24.3 Å². The molecule has 1 N–H and O–H groups in total. The van der Waals surface area contributed by atoms with E-state index in [1.54, 1.807) is 19.9 Å². The van der Waals surface area contributed by atoms with Gasteiger partial charge in [-0.25, -0.2) is 0 Å². The highest BCUT2D eigenvalue weighted by molar-refractivity contribution is 6.16. The van der Waals surface area contributed by atoms with Gasteiger partial charge < -0.3 is 9.84 Å². The SMILES string of the molecule is C=C1C(=O)[C@]23C[C@H]1CC[C@H]2[C@]1(COC3=O)C(=O)C=CC(C)(C)[C@H]1C(=O)O. The maximum Gasteiger partial charge on any atom is 0.320 e. The number of fused-ring (bicyclic) bond motifs is 2. The molecule has 0 aromatic rings. The third-order valence-corrected chi connectivity index (χ3v) is 7.21. The first kappa shape index (κ1) is 17.2. The number of hydrogen-bond acceptors (Lipinski definition) is 5. The number of cyclic esters (lactones) is 1. The molecule has 5 atom stereocenters. The van der Waals surface area contributed by atoms with Crippen molar-refractivity contribution < 1.29 is 29.0 Å². The number of Topliss-reactive ketones (excluding diaryl/α,β-unsaturated/α-hetero) is 1. The molecule has 2 saturated carbocycles. The molecule has 0 radical (unpaired) electrons. The van der Waals surface area contributed by atoms with Gasteiger partial charge in [0.25, 0.3) is 0 Å². The van der Waals surface area contributed by atoms with Crippen LogP contribution in [0, 0.1) is 34.0 Å². The molecule has 6 nitrogen and oxygen atoms in total. The van der Waals surface area contributed by atoms with Crippen LogP contribution in [0.25, 0.3) is 0 Å². The van der Waals surface area contributed by atoms with Gasteiger partial charge in [0, 0.05) is 0 Å². The summed E-state index contributed by atoms with van der Waals surface area (Å²) in [5.74, 6) is -4.27. The quantitative estimate of drug-likeness (QED) is 0.437. The molecule has 138 valence electrons. The smallest absolute Gasteiger partial charge is 0.320 e. The predicted octanol–water partition coefficient (Wildman–Crippen LogP) is 1.94. The molecule has 6 heteroatoms. The van der Waals surface area contributed by atoms with E-state index < -0.39 is 40.0 Å². The van der Waals surface area contributed by atoms with E-state index in [4.69, 9.17) is 4.74 Å². The molecular weight excluding hydrogens is 336 g/mol. The van der Waals surface area contributed by atoms with E-state index in [-0.39, 0.29) is 30.5 Å². The summed E-state index contributed by atoms with van der Waals surface area (Å²) in [5, 5.41) is 10.0. The van der Waals surface area contributed by atoms with Crippen LogP contribution in [0.3, 0.4) is 0 Å². The van der Waals surface area contributed by atoms with E-state index in [0.717, 1.165) is 0 Å². The minimum Gasteiger partial charge on any atom is -0.481 e. The van der Waals surface area contributed by atoms with Gasteiger partial charge in [0.15, 0.2) is 11.6 Å². The number of carbonyl (C=O) groups is 4. The van der Waals surface area contributed by atoms with E-state index in [1.165, 1.54) is 6.08 Å². The van der Waals surface area contributed by atoms with E-state index in [1.807, 2.05) is 0 Å². The van der Waals surface area contributed by atoms with Crippen LogP contribution in [0.1, 0.15) is 33.1 Å². The van der Waals surface area contributed by atoms with Gasteiger partial charge in [-0.1, -0.05) is 26.5 Å². The second kappa shape index (κ2) is 4.93. The molecular formula is C20H22O6. The first-order valence-corrected chi connectivity index (χ1v) is 8.96. The average molecular weight is 358 g/mol. The molecule has 0 unspecified atom stereocenters. The Morgan fingerprint density at radius 2 is 1.96 bits per heavy atom. The van der Waals surface area contributed by atoms with Crippen molar-refractivity contribution in [1.29, 1.82) is 0 Å². The van der Waals surface area contributed by atoms with Crippen molar-refractivity contribution in [2.24, 2.45) is 34.0 Å². The Bertz CT molecular complexity index is 805. The monoisotopic (exact) mass is 358 g/mol. The zero-order valence-electron chi connectivity index (χ0n) is 14.9. The summed E-state index contributed by atoms with van der Waals surface area (Å²) in [5.41, 5.74) is -3.27. The Morgan fingerprint density at radius 3 is 2.62 bits per heavy atom. The molecule has 4 rings (SSSR count). The number of aliphatic carboxylic acids is 1. The second-order valence-electron chi connectivity index (χ2n) is 8.76. The van der Waals surface area contributed by atoms with Gasteiger partial charge in [-0.15, -0.1) is 0 Å². The second-order valence-corrected chi connectivity index (χ2v) is 8.76. The Hall–Kier alpha value is -2.24. The standard InChI is InChI=1S/C20H22O6/c1-10-11-4-5-12-19(8-11,15(10)22)17(25)26-9-20(12)13(21)6-7-18(2,3)14(20)16(23)24/h6-7,11-12,14H,1,4-5,8-9H2,2-3H3,(H,23,24)/t11-,12-,14-,19+,20-/m1/s1. The molecule has 2 spiro atoms. The number of carboxylic acid groups (broad SMARTS) is 1. The first-order valence-electron chi connectivity index (χ1n) is 8.96. The molecule has 3 aliphatic carbocycles. The van der Waals surface area contributed by atoms with Crippen molar-refractivity contribution >= 4 is 23.5 Å². The Kier molecular flexibility index (Phi) is 3.26. The van der Waals surface area contributed by atoms with E-state index in [2.05, 4.69) is 6.58 Å². The summed E-state index contributed by atoms with van der Waals surface area (Å²) >= 11 is 0. The normalized spacial score (nSPS) is 43.4. The topological polar surface area (TPSA) is 97.7 Å². The fraction of sp³-hybridized carbons (Fsp3) is 0.600. The zero-order valence-corrected chi connectivity index (χ0v) is 14.9. The van der Waals surface area contributed by atoms with Crippen LogP contribution in [-0.2, 0) is 23.9 Å². The number of esters is 1. The van der Waals surface area contributed by atoms with Crippen LogP contribution < -0.4 is 0 Å². The zero-order chi connectivity index (χ0) is 19.1. The summed E-state index contributed by atoms with van der Waals surface area (Å²) in [7, 11) is 0. The van der Waals surface area contributed by atoms with Gasteiger partial charge in [-0.05, 0) is 48.2 Å². The third-order valence-electron chi connectivity index (χ3n) is 7.21. The van der Waals surface area contributed by atoms with Gasteiger partial charge in [0.2, 0.25) is 0 Å². The highest BCUT2D eigenvalue weighted by Crippen LogP contribution is 2.66. The lowest BCUT2D eigenvalue weighted by atomic mass is 9.45. The van der Waals surface area contributed by atoms with Crippen molar-refractivity contribution in [2.75, 3.05) is 6.61 Å². The average Bonchev–Trinajstić information content (AvgIpc) is 2.76. The maximum atomic E-state index is 13.1. The lowest BCUT2D eigenvalue weighted by Crippen LogP contribution is -2.67. The summed E-state index contributed by atoms with van der Waals surface area (Å²) in [6.45, 7) is 7.10. The molecule has 1 saturated heterocycles. The molecule has 0 amide bonds. The summed E-state index contributed by atoms with van der Waals surface area (Å²) in [6.07, 6.45) is 4.38. The van der Waals surface area contributed by atoms with Crippen LogP contribution in [0.2, 0.25) is 0 Å². The van der Waals surface area contributed by atoms with Gasteiger partial charge in [0.1, 0.15) is 12.0 Å². The molecule has 4 aliphatic rings. The van der Waals surface area contributed by atoms with Gasteiger partial charge in [-0.3, -0.25) is 19.2 Å². The van der Waals surface area contributed by atoms with Crippen molar-refractivity contribution in [3.63, 3.8) is 0 Å². The van der Waals surface area contributed by atoms with E-state index >= 15 is 0 Å². The molecule has 26 heavy (non-hydrogen) atoms. The number of allylic oxidation sites excluding steroid dienone is 3. The van der Waals surface area contributed by atoms with Crippen LogP contribution in [0.15, 0.2) is 24.3 Å². The minimum absolute atomic E-state index is 0.0908. The molecule has 1 heterocycles. The largest absolute Gasteiger partial charge is 0.481 e. The Labute approximate surface area is 151 Å². The first-order chi connectivity index (χ1) is 12.1. The predicted molar refractivity (Wildman–Crippen MR) is 89.9 cm³/mol. The molecule has 3 fully saturated rings. The number of carbonyl (C=O) groups excluding carboxylic acids is 3. The minimum atomic E-state index is -1.46. The van der Waals surface area contributed by atoms with Gasteiger partial charge in [-0.2, -0.15) is 0 Å².